The molecule has 10 heteroatoms. The molecule has 8 nitrogen and oxygen atoms in total. The number of hydrogen-bond donors (Lipinski definition) is 3. The average molecular weight is 484 g/mol. The predicted molar refractivity (Wildman–Crippen MR) is 123 cm³/mol. The number of benzene rings is 2. The number of rotatable bonds is 8. The zero-order chi connectivity index (χ0) is 24.1. The minimum Gasteiger partial charge on any atom is -0.468 e. The Balaban J connectivity index is 1.37. The first-order valence-electron chi connectivity index (χ1n) is 10.5. The average Bonchev–Trinajstić information content (AvgIpc) is 3.50. The Bertz CT molecular complexity index is 1400. The molecule has 0 bridgehead atoms. The number of fused-ring (bicyclic) bond motifs is 1. The molecular weight excluding hydrogens is 461 g/mol. The van der Waals surface area contributed by atoms with E-state index in [1.54, 1.807) is 0 Å². The maximum absolute atomic E-state index is 13.2. The lowest BCUT2D eigenvalue weighted by Gasteiger charge is -2.16. The quantitative estimate of drug-likeness (QED) is 0.263. The predicted octanol–water partition coefficient (Wildman–Crippen LogP) is 2.89. The number of aromatic amines is 1. The Labute approximate surface area is 195 Å². The van der Waals surface area contributed by atoms with Gasteiger partial charge in [0.25, 0.3) is 0 Å². The Hall–Kier alpha value is -3.92. The Kier molecular flexibility index (Phi) is 6.78. The zero-order valence-corrected chi connectivity index (χ0v) is 18.8. The van der Waals surface area contributed by atoms with Gasteiger partial charge in [0, 0.05) is 30.2 Å². The molecule has 0 aliphatic heterocycles. The van der Waals surface area contributed by atoms with Gasteiger partial charge in [0.1, 0.15) is 16.8 Å². The van der Waals surface area contributed by atoms with Crippen LogP contribution >= 0.6 is 0 Å². The van der Waals surface area contributed by atoms with Gasteiger partial charge in [0.2, 0.25) is 0 Å². The second-order valence-corrected chi connectivity index (χ2v) is 9.71. The Morgan fingerprint density at radius 3 is 2.44 bits per heavy atom. The van der Waals surface area contributed by atoms with Crippen LogP contribution in [0.15, 0.2) is 82.4 Å². The van der Waals surface area contributed by atoms with Crippen LogP contribution in [0.2, 0.25) is 0 Å². The van der Waals surface area contributed by atoms with Crippen LogP contribution < -0.4 is 10.6 Å². The molecule has 2 amide bonds. The number of sulfone groups is 1. The molecule has 176 valence electrons. The number of amides is 2. The summed E-state index contributed by atoms with van der Waals surface area (Å²) < 4.78 is 44.7. The lowest BCUT2D eigenvalue weighted by Crippen LogP contribution is -2.42. The van der Waals surface area contributed by atoms with Crippen LogP contribution in [-0.2, 0) is 25.8 Å². The second kappa shape index (κ2) is 9.92. The van der Waals surface area contributed by atoms with Crippen molar-refractivity contribution in [2.45, 2.75) is 16.6 Å². The highest BCUT2D eigenvalue weighted by atomic mass is 32.2. The van der Waals surface area contributed by atoms with Crippen molar-refractivity contribution in [3.8, 4) is 0 Å². The number of aromatic nitrogens is 1. The van der Waals surface area contributed by atoms with E-state index >= 15 is 0 Å². The minimum absolute atomic E-state index is 0.0874. The molecule has 0 aliphatic carbocycles. The molecule has 0 radical (unpaired) electrons. The van der Waals surface area contributed by atoms with Crippen LogP contribution in [0.25, 0.3) is 10.9 Å². The fraction of sp³-hybridized carbons (Fsp3) is 0.167. The number of para-hydroxylation sites is 1. The van der Waals surface area contributed by atoms with Crippen molar-refractivity contribution >= 4 is 32.6 Å². The van der Waals surface area contributed by atoms with Crippen LogP contribution in [0.5, 0.6) is 0 Å². The van der Waals surface area contributed by atoms with E-state index < -0.39 is 39.3 Å². The molecule has 4 aromatic rings. The molecule has 3 N–H and O–H groups in total. The van der Waals surface area contributed by atoms with Crippen molar-refractivity contribution in [3.05, 3.63) is 90.3 Å². The maximum atomic E-state index is 13.2. The highest BCUT2D eigenvalue weighted by Crippen LogP contribution is 2.29. The van der Waals surface area contributed by atoms with Crippen molar-refractivity contribution < 1.29 is 26.8 Å². The van der Waals surface area contributed by atoms with E-state index in [2.05, 4.69) is 15.6 Å². The lowest BCUT2D eigenvalue weighted by molar-refractivity contribution is -0.139. The van der Waals surface area contributed by atoms with Crippen LogP contribution in [0.3, 0.4) is 0 Å². The first kappa shape index (κ1) is 23.2. The largest absolute Gasteiger partial charge is 0.468 e. The first-order valence-corrected chi connectivity index (χ1v) is 12.0. The fourth-order valence-corrected chi connectivity index (χ4v) is 5.21. The summed E-state index contributed by atoms with van der Waals surface area (Å²) in [7, 11) is -4.04. The topological polar surface area (TPSA) is 121 Å². The second-order valence-electron chi connectivity index (χ2n) is 7.58. The van der Waals surface area contributed by atoms with Gasteiger partial charge in [-0.1, -0.05) is 18.2 Å². The smallest absolute Gasteiger partial charge is 0.309 e. The van der Waals surface area contributed by atoms with Gasteiger partial charge in [0.05, 0.1) is 11.2 Å². The SMILES string of the molecule is O=C(NCCc1c[nH]c2ccccc12)C(=O)NC[C@@H](c1ccco1)S(=O)(=O)c1ccc(F)cc1. The van der Waals surface area contributed by atoms with Crippen LogP contribution in [0.1, 0.15) is 16.6 Å². The number of furan rings is 1. The third-order valence-electron chi connectivity index (χ3n) is 5.39. The van der Waals surface area contributed by atoms with Crippen LogP contribution in [-0.4, -0.2) is 38.3 Å². The molecule has 2 aromatic carbocycles. The van der Waals surface area contributed by atoms with Gasteiger partial charge in [-0.25, -0.2) is 12.8 Å². The van der Waals surface area contributed by atoms with Gasteiger partial charge in [-0.2, -0.15) is 0 Å². The molecule has 0 aliphatic rings. The summed E-state index contributed by atoms with van der Waals surface area (Å²) in [6, 6.07) is 15.1. The van der Waals surface area contributed by atoms with Crippen LogP contribution in [0.4, 0.5) is 4.39 Å². The summed E-state index contributed by atoms with van der Waals surface area (Å²) in [6.07, 6.45) is 3.67. The molecule has 0 spiro atoms. The number of H-pyrrole nitrogens is 1. The van der Waals surface area contributed by atoms with Crippen LogP contribution in [0, 0.1) is 5.82 Å². The molecule has 34 heavy (non-hydrogen) atoms. The normalized spacial score (nSPS) is 12.4. The van der Waals surface area contributed by atoms with Gasteiger partial charge in [-0.05, 0) is 54.4 Å². The number of nitrogens with one attached hydrogen (secondary N) is 3. The summed E-state index contributed by atoms with van der Waals surface area (Å²) in [5.41, 5.74) is 1.98. The van der Waals surface area contributed by atoms with Gasteiger partial charge >= 0.3 is 11.8 Å². The number of carbonyl (C=O) groups is 2. The van der Waals surface area contributed by atoms with E-state index in [1.165, 1.54) is 18.4 Å². The van der Waals surface area contributed by atoms with Crippen molar-refractivity contribution in [1.29, 1.82) is 0 Å². The standard InChI is InChI=1S/C24H22FN3O5S/c25-17-7-9-18(10-8-17)34(31,32)22(21-6-3-13-33-21)15-28-24(30)23(29)26-12-11-16-14-27-20-5-2-1-4-19(16)20/h1-10,13-14,22,27H,11-12,15H2,(H,26,29)(H,28,30)/t22-/m0/s1. The first-order chi connectivity index (χ1) is 16.4. The van der Waals surface area contributed by atoms with E-state index in [0.29, 0.717) is 6.42 Å². The van der Waals surface area contributed by atoms with E-state index in [9.17, 15) is 22.4 Å². The highest BCUT2D eigenvalue weighted by molar-refractivity contribution is 7.91. The van der Waals surface area contributed by atoms with E-state index in [0.717, 1.165) is 40.7 Å². The number of hydrogen-bond acceptors (Lipinski definition) is 5. The Morgan fingerprint density at radius 1 is 0.971 bits per heavy atom. The minimum atomic E-state index is -4.04. The van der Waals surface area contributed by atoms with E-state index in [1.807, 2.05) is 30.5 Å². The molecule has 0 unspecified atom stereocenters. The van der Waals surface area contributed by atoms with Crippen molar-refractivity contribution in [2.24, 2.45) is 0 Å². The molecule has 2 aromatic heterocycles. The molecule has 0 saturated carbocycles. The summed E-state index contributed by atoms with van der Waals surface area (Å²) in [6.45, 7) is -0.175. The van der Waals surface area contributed by atoms with Gasteiger partial charge in [0.15, 0.2) is 9.84 Å². The van der Waals surface area contributed by atoms with Crippen molar-refractivity contribution in [3.63, 3.8) is 0 Å². The molecular formula is C24H22FN3O5S. The summed E-state index contributed by atoms with van der Waals surface area (Å²) in [5.74, 6) is -2.34. The summed E-state index contributed by atoms with van der Waals surface area (Å²) in [5, 5.41) is 4.64. The summed E-state index contributed by atoms with van der Waals surface area (Å²) in [4.78, 5) is 27.6. The monoisotopic (exact) mass is 483 g/mol. The van der Waals surface area contributed by atoms with Gasteiger partial charge in [-0.15, -0.1) is 0 Å². The lowest BCUT2D eigenvalue weighted by atomic mass is 10.1. The van der Waals surface area contributed by atoms with Crippen molar-refractivity contribution in [1.82, 2.24) is 15.6 Å². The molecule has 1 atom stereocenters. The third-order valence-corrected chi connectivity index (χ3v) is 7.46. The summed E-state index contributed by atoms with van der Waals surface area (Å²) >= 11 is 0. The Morgan fingerprint density at radius 2 is 1.71 bits per heavy atom. The van der Waals surface area contributed by atoms with Gasteiger partial charge in [-0.3, -0.25) is 9.59 Å². The van der Waals surface area contributed by atoms with Gasteiger partial charge < -0.3 is 20.0 Å². The van der Waals surface area contributed by atoms with E-state index in [4.69, 9.17) is 4.42 Å². The number of halogens is 1. The number of carbonyl (C=O) groups excluding carboxylic acids is 2. The van der Waals surface area contributed by atoms with Crippen molar-refractivity contribution in [2.75, 3.05) is 13.1 Å². The molecule has 2 heterocycles. The van der Waals surface area contributed by atoms with E-state index in [-0.39, 0.29) is 17.2 Å². The molecule has 0 saturated heterocycles. The fourth-order valence-electron chi connectivity index (χ4n) is 3.62. The third kappa shape index (κ3) is 5.01. The zero-order valence-electron chi connectivity index (χ0n) is 18.0. The molecule has 4 rings (SSSR count). The molecule has 0 fully saturated rings. The maximum Gasteiger partial charge on any atom is 0.309 e. The highest BCUT2D eigenvalue weighted by Gasteiger charge is 2.32.